The Hall–Kier alpha value is -3.95. The molecule has 0 radical (unpaired) electrons. The van der Waals surface area contributed by atoms with Crippen LogP contribution in [0.4, 0.5) is 9.18 Å². The molecule has 0 spiro atoms. The van der Waals surface area contributed by atoms with Crippen LogP contribution in [0.2, 0.25) is 5.02 Å². The van der Waals surface area contributed by atoms with Gasteiger partial charge >= 0.3 is 6.09 Å². The molecule has 1 aromatic heterocycles. The minimum atomic E-state index is -0.700. The Morgan fingerprint density at radius 2 is 1.81 bits per heavy atom. The predicted molar refractivity (Wildman–Crippen MR) is 159 cm³/mol. The summed E-state index contributed by atoms with van der Waals surface area (Å²) in [5.74, 6) is -0.214. The van der Waals surface area contributed by atoms with Crippen LogP contribution in [-0.4, -0.2) is 56.9 Å². The van der Waals surface area contributed by atoms with Gasteiger partial charge in [0.25, 0.3) is 5.91 Å². The number of aromatic nitrogens is 2. The lowest BCUT2D eigenvalue weighted by molar-refractivity contribution is 0.0253. The van der Waals surface area contributed by atoms with Gasteiger partial charge in [0, 0.05) is 23.7 Å². The zero-order valence-corrected chi connectivity index (χ0v) is 24.6. The largest absolute Gasteiger partial charge is 0.444 e. The molecule has 1 unspecified atom stereocenters. The molecular weight excluding hydrogens is 557 g/mol. The number of benzene rings is 2. The van der Waals surface area contributed by atoms with Gasteiger partial charge < -0.3 is 4.74 Å². The van der Waals surface area contributed by atoms with E-state index in [-0.39, 0.29) is 30.5 Å². The molecule has 218 valence electrons. The minimum absolute atomic E-state index is 0.134. The SMILES string of the molecule is CC(C)(C)OC(=O)N1CC(=Cc2ccc(F)cc2)c2c(c(C(=O)NN3CC4=CCCC4C3)nn2-c2ccc(Cl)cc2)C1. The number of hydrazine groups is 1. The van der Waals surface area contributed by atoms with Crippen LogP contribution in [0, 0.1) is 11.7 Å². The minimum Gasteiger partial charge on any atom is -0.444 e. The first-order valence-corrected chi connectivity index (χ1v) is 14.5. The van der Waals surface area contributed by atoms with E-state index in [1.807, 2.05) is 44.0 Å². The number of carbonyl (C=O) groups excluding carboxylic acids is 2. The Morgan fingerprint density at radius 1 is 1.07 bits per heavy atom. The molecule has 1 saturated heterocycles. The van der Waals surface area contributed by atoms with E-state index in [0.29, 0.717) is 34.4 Å². The normalized spacial score (nSPS) is 19.5. The highest BCUT2D eigenvalue weighted by Gasteiger charge is 2.37. The van der Waals surface area contributed by atoms with E-state index in [1.54, 1.807) is 33.8 Å². The number of rotatable bonds is 4. The fourth-order valence-corrected chi connectivity index (χ4v) is 5.92. The number of allylic oxidation sites excluding steroid dienone is 1. The third-order valence-corrected chi connectivity index (χ3v) is 7.92. The van der Waals surface area contributed by atoms with E-state index in [2.05, 4.69) is 11.5 Å². The average molecular weight is 590 g/mol. The van der Waals surface area contributed by atoms with Crippen LogP contribution >= 0.6 is 11.6 Å². The van der Waals surface area contributed by atoms with Gasteiger partial charge in [-0.25, -0.2) is 18.9 Å². The van der Waals surface area contributed by atoms with Gasteiger partial charge in [0.1, 0.15) is 11.4 Å². The van der Waals surface area contributed by atoms with E-state index in [1.165, 1.54) is 17.7 Å². The highest BCUT2D eigenvalue weighted by Crippen LogP contribution is 2.35. The quantitative estimate of drug-likeness (QED) is 0.364. The summed E-state index contributed by atoms with van der Waals surface area (Å²) in [5.41, 5.74) is 7.45. The summed E-state index contributed by atoms with van der Waals surface area (Å²) in [4.78, 5) is 28.7. The van der Waals surface area contributed by atoms with Gasteiger partial charge in [0.15, 0.2) is 5.69 Å². The lowest BCUT2D eigenvalue weighted by Crippen LogP contribution is -2.42. The maximum atomic E-state index is 13.8. The smallest absolute Gasteiger partial charge is 0.410 e. The van der Waals surface area contributed by atoms with E-state index in [4.69, 9.17) is 21.4 Å². The highest BCUT2D eigenvalue weighted by atomic mass is 35.5. The molecule has 10 heteroatoms. The first-order chi connectivity index (χ1) is 20.0. The maximum Gasteiger partial charge on any atom is 0.410 e. The fraction of sp³-hybridized carbons (Fsp3) is 0.344. The van der Waals surface area contributed by atoms with Crippen molar-refractivity contribution in [3.8, 4) is 5.69 Å². The Morgan fingerprint density at radius 3 is 2.50 bits per heavy atom. The van der Waals surface area contributed by atoms with Gasteiger partial charge in [-0.2, -0.15) is 5.10 Å². The standard InChI is InChI=1S/C32H33ClFN5O3/c1-32(2,3)42-31(41)37-16-23(15-20-7-11-25(34)12-8-20)29-27(19-37)28(35-39(29)26-13-9-24(33)10-14-26)30(40)36-38-17-21-5-4-6-22(21)18-38/h5,7-15,22H,4,6,16-19H2,1-3H3,(H,36,40). The van der Waals surface area contributed by atoms with Gasteiger partial charge in [0.2, 0.25) is 0 Å². The molecule has 0 bridgehead atoms. The van der Waals surface area contributed by atoms with Crippen LogP contribution in [0.25, 0.3) is 17.3 Å². The number of hydrogen-bond donors (Lipinski definition) is 1. The molecule has 6 rings (SSSR count). The first-order valence-electron chi connectivity index (χ1n) is 14.1. The summed E-state index contributed by atoms with van der Waals surface area (Å²) in [6.45, 7) is 7.24. The molecule has 1 fully saturated rings. The number of nitrogens with one attached hydrogen (secondary N) is 1. The number of ether oxygens (including phenoxy) is 1. The Labute approximate surface area is 249 Å². The monoisotopic (exact) mass is 589 g/mol. The third-order valence-electron chi connectivity index (χ3n) is 7.67. The number of nitrogens with zero attached hydrogens (tertiary/aromatic N) is 4. The van der Waals surface area contributed by atoms with Gasteiger partial charge in [-0.15, -0.1) is 0 Å². The van der Waals surface area contributed by atoms with Crippen LogP contribution < -0.4 is 5.43 Å². The molecule has 0 saturated carbocycles. The van der Waals surface area contributed by atoms with Crippen LogP contribution in [0.3, 0.4) is 0 Å². The summed E-state index contributed by atoms with van der Waals surface area (Å²) in [5, 5.41) is 7.33. The van der Waals surface area contributed by atoms with Crippen molar-refractivity contribution in [3.05, 3.63) is 93.5 Å². The molecule has 2 aliphatic heterocycles. The summed E-state index contributed by atoms with van der Waals surface area (Å²) in [6.07, 6.45) is 5.84. The fourth-order valence-electron chi connectivity index (χ4n) is 5.80. The first kappa shape index (κ1) is 28.2. The maximum absolute atomic E-state index is 13.8. The zero-order chi connectivity index (χ0) is 29.6. The van der Waals surface area contributed by atoms with Gasteiger partial charge in [-0.3, -0.25) is 15.1 Å². The second-order valence-electron chi connectivity index (χ2n) is 12.0. The second-order valence-corrected chi connectivity index (χ2v) is 12.4. The summed E-state index contributed by atoms with van der Waals surface area (Å²) in [6, 6.07) is 13.3. The van der Waals surface area contributed by atoms with Crippen molar-refractivity contribution in [1.82, 2.24) is 25.1 Å². The van der Waals surface area contributed by atoms with E-state index >= 15 is 0 Å². The molecule has 1 aliphatic carbocycles. The molecule has 1 N–H and O–H groups in total. The zero-order valence-electron chi connectivity index (χ0n) is 23.9. The number of fused-ring (bicyclic) bond motifs is 2. The molecule has 8 nitrogen and oxygen atoms in total. The summed E-state index contributed by atoms with van der Waals surface area (Å²) in [7, 11) is 0. The second kappa shape index (κ2) is 11.0. The van der Waals surface area contributed by atoms with Crippen LogP contribution in [0.5, 0.6) is 0 Å². The molecule has 2 aromatic carbocycles. The topological polar surface area (TPSA) is 79.7 Å². The molecule has 3 aromatic rings. The average Bonchev–Trinajstić information content (AvgIpc) is 3.63. The van der Waals surface area contributed by atoms with Crippen molar-refractivity contribution in [3.63, 3.8) is 0 Å². The van der Waals surface area contributed by atoms with Crippen molar-refractivity contribution in [1.29, 1.82) is 0 Å². The van der Waals surface area contributed by atoms with E-state index < -0.39 is 11.7 Å². The predicted octanol–water partition coefficient (Wildman–Crippen LogP) is 6.25. The molecule has 3 heterocycles. The lowest BCUT2D eigenvalue weighted by Gasteiger charge is -2.32. The Bertz CT molecular complexity index is 1590. The summed E-state index contributed by atoms with van der Waals surface area (Å²) < 4.78 is 21.2. The van der Waals surface area contributed by atoms with Crippen molar-refractivity contribution < 1.29 is 18.7 Å². The van der Waals surface area contributed by atoms with Crippen molar-refractivity contribution in [2.75, 3.05) is 19.6 Å². The third kappa shape index (κ3) is 5.84. The van der Waals surface area contributed by atoms with Crippen molar-refractivity contribution in [2.24, 2.45) is 5.92 Å². The molecular formula is C32H33ClFN5O3. The van der Waals surface area contributed by atoms with Crippen LogP contribution in [0.15, 0.2) is 60.2 Å². The number of hydrogen-bond acceptors (Lipinski definition) is 5. The molecule has 1 atom stereocenters. The number of amides is 2. The Balaban J connectivity index is 1.45. The molecule has 3 aliphatic rings. The van der Waals surface area contributed by atoms with Crippen molar-refractivity contribution in [2.45, 2.75) is 45.8 Å². The summed E-state index contributed by atoms with van der Waals surface area (Å²) >= 11 is 6.19. The van der Waals surface area contributed by atoms with Gasteiger partial charge in [-0.05, 0) is 93.1 Å². The van der Waals surface area contributed by atoms with E-state index in [0.717, 1.165) is 30.5 Å². The number of carbonyl (C=O) groups is 2. The lowest BCUT2D eigenvalue weighted by atomic mass is 9.97. The molecule has 2 amide bonds. The van der Waals surface area contributed by atoms with E-state index in [9.17, 15) is 14.0 Å². The van der Waals surface area contributed by atoms with Gasteiger partial charge in [0.05, 0.1) is 24.5 Å². The molecule has 42 heavy (non-hydrogen) atoms. The van der Waals surface area contributed by atoms with Crippen molar-refractivity contribution >= 4 is 35.3 Å². The number of halogens is 2. The Kier molecular flexibility index (Phi) is 7.41. The highest BCUT2D eigenvalue weighted by molar-refractivity contribution is 6.30. The van der Waals surface area contributed by atoms with Crippen LogP contribution in [0.1, 0.15) is 60.9 Å². The van der Waals surface area contributed by atoms with Crippen LogP contribution in [-0.2, 0) is 11.3 Å². The van der Waals surface area contributed by atoms with Gasteiger partial charge in [-0.1, -0.05) is 35.4 Å².